The van der Waals surface area contributed by atoms with Crippen LogP contribution in [0, 0.1) is 0 Å². The van der Waals surface area contributed by atoms with Crippen LogP contribution in [-0.2, 0) is 0 Å². The van der Waals surface area contributed by atoms with Gasteiger partial charge in [-0.25, -0.2) is 0 Å². The van der Waals surface area contributed by atoms with E-state index in [-0.39, 0.29) is 0 Å². The lowest BCUT2D eigenvalue weighted by Gasteiger charge is -2.10. The van der Waals surface area contributed by atoms with Gasteiger partial charge in [0, 0.05) is 0 Å². The number of rotatable bonds is 0. The van der Waals surface area contributed by atoms with Crippen LogP contribution in [0.4, 0.5) is 0 Å². The van der Waals surface area contributed by atoms with Crippen LogP contribution >= 0.6 is 0 Å². The van der Waals surface area contributed by atoms with Crippen molar-refractivity contribution in [1.29, 1.82) is 0 Å². The highest BCUT2D eigenvalue weighted by atomic mass is 14.2. The molecule has 2 aliphatic carbocycles. The maximum absolute atomic E-state index is 2.27. The summed E-state index contributed by atoms with van der Waals surface area (Å²) in [4.78, 5) is 0. The number of hydrogen-bond acceptors (Lipinski definition) is 0. The molecule has 0 N–H and O–H groups in total. The molecular formula is C12H14. The summed E-state index contributed by atoms with van der Waals surface area (Å²) in [7, 11) is 0. The minimum Gasteiger partial charge on any atom is -0.0838 e. The monoisotopic (exact) mass is 158 g/mol. The fraction of sp³-hybridized carbons (Fsp3) is 0.333. The van der Waals surface area contributed by atoms with Crippen LogP contribution in [0.25, 0.3) is 0 Å². The van der Waals surface area contributed by atoms with E-state index in [0.717, 1.165) is 12.8 Å². The first-order valence-corrected chi connectivity index (χ1v) is 4.52. The average molecular weight is 158 g/mol. The zero-order valence-electron chi connectivity index (χ0n) is 7.72. The van der Waals surface area contributed by atoms with Gasteiger partial charge in [0.1, 0.15) is 0 Å². The fourth-order valence-corrected chi connectivity index (χ4v) is 1.87. The van der Waals surface area contributed by atoms with E-state index in [2.05, 4.69) is 38.2 Å². The largest absolute Gasteiger partial charge is 0.0838 e. The molecule has 0 fully saturated rings. The Morgan fingerprint density at radius 2 is 1.83 bits per heavy atom. The van der Waals surface area contributed by atoms with Gasteiger partial charge in [-0.1, -0.05) is 29.9 Å². The van der Waals surface area contributed by atoms with Crippen molar-refractivity contribution in [3.63, 3.8) is 0 Å². The Labute approximate surface area is 74.0 Å². The lowest BCUT2D eigenvalue weighted by Crippen LogP contribution is -1.91. The van der Waals surface area contributed by atoms with Crippen LogP contribution < -0.4 is 0 Å². The Morgan fingerprint density at radius 1 is 1.08 bits per heavy atom. The quantitative estimate of drug-likeness (QED) is 0.473. The zero-order valence-corrected chi connectivity index (χ0v) is 7.72. The van der Waals surface area contributed by atoms with Crippen molar-refractivity contribution in [2.24, 2.45) is 0 Å². The topological polar surface area (TPSA) is 0 Å². The molecule has 0 heteroatoms. The lowest BCUT2D eigenvalue weighted by molar-refractivity contribution is 1.10. The standard InChI is InChI=1S/C12H14/c1-9(2)11-8-7-10-5-3-4-6-12(10)11/h3-4,7-8H,5-6H2,1-2H3. The van der Waals surface area contributed by atoms with Gasteiger partial charge in [0.05, 0.1) is 0 Å². The van der Waals surface area contributed by atoms with Crippen LogP contribution in [0.2, 0.25) is 0 Å². The van der Waals surface area contributed by atoms with Crippen molar-refractivity contribution >= 4 is 0 Å². The number of hydrogen-bond donors (Lipinski definition) is 0. The van der Waals surface area contributed by atoms with Gasteiger partial charge in [-0.2, -0.15) is 0 Å². The molecule has 0 bridgehead atoms. The van der Waals surface area contributed by atoms with Gasteiger partial charge in [0.2, 0.25) is 0 Å². The third-order valence-electron chi connectivity index (χ3n) is 2.53. The molecule has 0 spiro atoms. The minimum atomic E-state index is 1.13. The molecule has 0 nitrogen and oxygen atoms in total. The average Bonchev–Trinajstić information content (AvgIpc) is 2.47. The van der Waals surface area contributed by atoms with Crippen molar-refractivity contribution in [2.45, 2.75) is 26.7 Å². The molecular weight excluding hydrogens is 144 g/mol. The van der Waals surface area contributed by atoms with E-state index in [1.165, 1.54) is 16.7 Å². The molecule has 0 aliphatic heterocycles. The van der Waals surface area contributed by atoms with E-state index in [0.29, 0.717) is 0 Å². The molecule has 0 saturated carbocycles. The fourth-order valence-electron chi connectivity index (χ4n) is 1.87. The summed E-state index contributed by atoms with van der Waals surface area (Å²) >= 11 is 0. The van der Waals surface area contributed by atoms with Crippen LogP contribution in [0.1, 0.15) is 26.7 Å². The highest BCUT2D eigenvalue weighted by Crippen LogP contribution is 2.34. The lowest BCUT2D eigenvalue weighted by atomic mass is 9.94. The van der Waals surface area contributed by atoms with Gasteiger partial charge in [0.15, 0.2) is 0 Å². The second-order valence-corrected chi connectivity index (χ2v) is 3.63. The maximum Gasteiger partial charge on any atom is -0.00886 e. The molecule has 0 unspecified atom stereocenters. The second-order valence-electron chi connectivity index (χ2n) is 3.63. The Bertz CT molecular complexity index is 318. The van der Waals surface area contributed by atoms with E-state index in [1.54, 1.807) is 5.57 Å². The highest BCUT2D eigenvalue weighted by Gasteiger charge is 2.15. The molecule has 0 heterocycles. The molecule has 2 aliphatic rings. The second kappa shape index (κ2) is 2.78. The normalized spacial score (nSPS) is 20.3. The number of allylic oxidation sites excluding steroid dienone is 8. The van der Waals surface area contributed by atoms with Crippen molar-refractivity contribution in [3.05, 3.63) is 46.6 Å². The third-order valence-corrected chi connectivity index (χ3v) is 2.53. The minimum absolute atomic E-state index is 1.13. The summed E-state index contributed by atoms with van der Waals surface area (Å²) in [5.74, 6) is 0. The third kappa shape index (κ3) is 1.08. The molecule has 0 aromatic carbocycles. The molecule has 0 amide bonds. The Morgan fingerprint density at radius 3 is 2.58 bits per heavy atom. The smallest absolute Gasteiger partial charge is 0.00886 e. The van der Waals surface area contributed by atoms with Crippen molar-refractivity contribution in [1.82, 2.24) is 0 Å². The summed E-state index contributed by atoms with van der Waals surface area (Å²) < 4.78 is 0. The zero-order chi connectivity index (χ0) is 8.55. The molecule has 0 saturated heterocycles. The summed E-state index contributed by atoms with van der Waals surface area (Å²) in [6.07, 6.45) is 11.3. The first kappa shape index (κ1) is 7.60. The molecule has 0 aromatic rings. The summed E-state index contributed by atoms with van der Waals surface area (Å²) in [5, 5.41) is 0. The molecule has 0 atom stereocenters. The summed E-state index contributed by atoms with van der Waals surface area (Å²) in [5.41, 5.74) is 5.98. The van der Waals surface area contributed by atoms with E-state index < -0.39 is 0 Å². The predicted molar refractivity (Wildman–Crippen MR) is 52.9 cm³/mol. The van der Waals surface area contributed by atoms with Crippen LogP contribution in [0.15, 0.2) is 46.6 Å². The Balaban J connectivity index is 2.41. The Kier molecular flexibility index (Phi) is 1.76. The molecule has 2 rings (SSSR count). The van der Waals surface area contributed by atoms with E-state index >= 15 is 0 Å². The maximum atomic E-state index is 2.27. The first-order chi connectivity index (χ1) is 5.79. The Hall–Kier alpha value is -1.04. The SMILES string of the molecule is CC(C)=C1C=CC2=C1CC=CC2. The molecule has 0 aromatic heterocycles. The highest BCUT2D eigenvalue weighted by molar-refractivity contribution is 5.57. The van der Waals surface area contributed by atoms with E-state index in [4.69, 9.17) is 0 Å². The summed E-state index contributed by atoms with van der Waals surface area (Å²) in [6, 6.07) is 0. The van der Waals surface area contributed by atoms with Crippen LogP contribution in [0.5, 0.6) is 0 Å². The molecule has 0 radical (unpaired) electrons. The van der Waals surface area contributed by atoms with Crippen molar-refractivity contribution in [3.8, 4) is 0 Å². The van der Waals surface area contributed by atoms with Crippen molar-refractivity contribution < 1.29 is 0 Å². The van der Waals surface area contributed by atoms with Crippen LogP contribution in [-0.4, -0.2) is 0 Å². The predicted octanol–water partition coefficient (Wildman–Crippen LogP) is 3.54. The van der Waals surface area contributed by atoms with Crippen LogP contribution in [0.3, 0.4) is 0 Å². The van der Waals surface area contributed by atoms with Gasteiger partial charge in [0.25, 0.3) is 0 Å². The van der Waals surface area contributed by atoms with Gasteiger partial charge in [-0.05, 0) is 43.4 Å². The van der Waals surface area contributed by atoms with Gasteiger partial charge < -0.3 is 0 Å². The molecule has 12 heavy (non-hydrogen) atoms. The molecule has 62 valence electrons. The van der Waals surface area contributed by atoms with E-state index in [1.807, 2.05) is 0 Å². The summed E-state index contributed by atoms with van der Waals surface area (Å²) in [6.45, 7) is 4.38. The van der Waals surface area contributed by atoms with E-state index in [9.17, 15) is 0 Å². The van der Waals surface area contributed by atoms with Crippen molar-refractivity contribution in [2.75, 3.05) is 0 Å². The first-order valence-electron chi connectivity index (χ1n) is 4.52. The van der Waals surface area contributed by atoms with Gasteiger partial charge >= 0.3 is 0 Å². The van der Waals surface area contributed by atoms with Gasteiger partial charge in [-0.15, -0.1) is 0 Å². The van der Waals surface area contributed by atoms with Gasteiger partial charge in [-0.3, -0.25) is 0 Å².